The van der Waals surface area contributed by atoms with Gasteiger partial charge in [0.05, 0.1) is 17.0 Å². The maximum Gasteiger partial charge on any atom is 0.256 e. The molecular formula is C25H21ClFN5O2. The zero-order chi connectivity index (χ0) is 23.7. The van der Waals surface area contributed by atoms with E-state index in [9.17, 15) is 14.0 Å². The fourth-order valence-electron chi connectivity index (χ4n) is 4.07. The lowest BCUT2D eigenvalue weighted by Gasteiger charge is -2.16. The lowest BCUT2D eigenvalue weighted by molar-refractivity contribution is 0.0953. The van der Waals surface area contributed by atoms with E-state index in [2.05, 4.69) is 20.8 Å². The third kappa shape index (κ3) is 4.45. The molecule has 0 spiro atoms. The van der Waals surface area contributed by atoms with Crippen LogP contribution in [0.3, 0.4) is 0 Å². The second-order valence-electron chi connectivity index (χ2n) is 8.08. The highest BCUT2D eigenvalue weighted by atomic mass is 35.5. The number of fused-ring (bicyclic) bond motifs is 3. The van der Waals surface area contributed by atoms with Crippen LogP contribution in [0.2, 0.25) is 5.02 Å². The molecule has 2 aromatic heterocycles. The van der Waals surface area contributed by atoms with E-state index in [-0.39, 0.29) is 11.5 Å². The first-order chi connectivity index (χ1) is 16.5. The summed E-state index contributed by atoms with van der Waals surface area (Å²) >= 11 is 5.91. The number of rotatable bonds is 6. The van der Waals surface area contributed by atoms with E-state index in [1.165, 1.54) is 18.2 Å². The molecule has 172 valence electrons. The summed E-state index contributed by atoms with van der Waals surface area (Å²) in [7, 11) is 0. The van der Waals surface area contributed by atoms with E-state index >= 15 is 0 Å². The molecule has 7 nitrogen and oxygen atoms in total. The van der Waals surface area contributed by atoms with Gasteiger partial charge in [-0.1, -0.05) is 29.8 Å². The molecule has 4 aromatic rings. The van der Waals surface area contributed by atoms with Crippen molar-refractivity contribution in [1.29, 1.82) is 0 Å². The summed E-state index contributed by atoms with van der Waals surface area (Å²) in [6.07, 6.45) is 3.15. The minimum absolute atomic E-state index is 0.156. The maximum absolute atomic E-state index is 13.4. The molecule has 5 rings (SSSR count). The minimum Gasteiger partial charge on any atom is -0.352 e. The van der Waals surface area contributed by atoms with Gasteiger partial charge in [-0.05, 0) is 54.8 Å². The van der Waals surface area contributed by atoms with Crippen molar-refractivity contribution in [3.05, 3.63) is 93.9 Å². The van der Waals surface area contributed by atoms with Gasteiger partial charge in [0, 0.05) is 35.4 Å². The molecule has 0 radical (unpaired) electrons. The summed E-state index contributed by atoms with van der Waals surface area (Å²) in [5.74, 6) is -0.661. The van der Waals surface area contributed by atoms with Crippen LogP contribution in [-0.4, -0.2) is 33.1 Å². The molecular weight excluding hydrogens is 457 g/mol. The van der Waals surface area contributed by atoms with Crippen LogP contribution in [0.5, 0.6) is 0 Å². The Morgan fingerprint density at radius 3 is 2.71 bits per heavy atom. The third-order valence-electron chi connectivity index (χ3n) is 5.82. The number of hydrogen-bond donors (Lipinski definition) is 3. The molecule has 0 aliphatic carbocycles. The number of halogens is 2. The fourth-order valence-corrected chi connectivity index (χ4v) is 4.19. The lowest BCUT2D eigenvalue weighted by Crippen LogP contribution is -2.25. The number of H-pyrrole nitrogens is 1. The molecule has 1 aliphatic heterocycles. The highest BCUT2D eigenvalue weighted by molar-refractivity contribution is 6.30. The summed E-state index contributed by atoms with van der Waals surface area (Å²) in [5, 5.41) is 13.6. The van der Waals surface area contributed by atoms with Gasteiger partial charge in [0.25, 0.3) is 11.8 Å². The number of aryl methyl sites for hydroxylation is 1. The average molecular weight is 478 g/mol. The molecule has 2 aromatic carbocycles. The van der Waals surface area contributed by atoms with Crippen LogP contribution in [-0.2, 0) is 19.4 Å². The predicted octanol–water partition coefficient (Wildman–Crippen LogP) is 4.45. The van der Waals surface area contributed by atoms with Gasteiger partial charge in [0.2, 0.25) is 0 Å². The Labute approximate surface area is 199 Å². The van der Waals surface area contributed by atoms with Gasteiger partial charge in [-0.25, -0.2) is 4.39 Å². The van der Waals surface area contributed by atoms with Crippen molar-refractivity contribution in [2.75, 3.05) is 11.9 Å². The van der Waals surface area contributed by atoms with Gasteiger partial charge >= 0.3 is 0 Å². The number of benzene rings is 2. The van der Waals surface area contributed by atoms with Gasteiger partial charge in [-0.3, -0.25) is 14.7 Å². The fraction of sp³-hybridized carbons (Fsp3) is 0.160. The largest absolute Gasteiger partial charge is 0.352 e. The van der Waals surface area contributed by atoms with E-state index in [1.54, 1.807) is 6.07 Å². The van der Waals surface area contributed by atoms with E-state index in [0.29, 0.717) is 42.3 Å². The zero-order valence-corrected chi connectivity index (χ0v) is 18.8. The molecule has 3 heterocycles. The van der Waals surface area contributed by atoms with Crippen LogP contribution in [0.1, 0.15) is 31.8 Å². The number of nitrogens with zero attached hydrogens (tertiary/aromatic N) is 2. The van der Waals surface area contributed by atoms with Crippen molar-refractivity contribution >= 4 is 29.2 Å². The summed E-state index contributed by atoms with van der Waals surface area (Å²) < 4.78 is 15.4. The molecule has 1 aliphatic rings. The highest BCUT2D eigenvalue weighted by Gasteiger charge is 2.25. The normalized spacial score (nSPS) is 12.1. The second-order valence-corrected chi connectivity index (χ2v) is 8.52. The molecule has 9 heteroatoms. The SMILES string of the molecule is O=C(NCCc1ccc(Cl)cc1)c1cc2n(c1)CCc1c(NC(=O)c3cccc(F)c3)n[nH]c1-2. The highest BCUT2D eigenvalue weighted by Crippen LogP contribution is 2.33. The molecule has 34 heavy (non-hydrogen) atoms. The minimum atomic E-state index is -0.478. The lowest BCUT2D eigenvalue weighted by atomic mass is 10.1. The first-order valence-electron chi connectivity index (χ1n) is 10.9. The van der Waals surface area contributed by atoms with Crippen molar-refractivity contribution in [2.45, 2.75) is 19.4 Å². The molecule has 0 saturated carbocycles. The Bertz CT molecular complexity index is 1380. The van der Waals surface area contributed by atoms with E-state index in [4.69, 9.17) is 11.6 Å². The standard InChI is InChI=1S/C25H21ClFN5O2/c26-18-6-4-15(5-7-18)8-10-28-24(33)17-13-21-22-20(9-11-32(21)14-17)23(31-30-22)29-25(34)16-2-1-3-19(27)12-16/h1-7,12-14H,8-11H2,(H,28,33)(H2,29,30,31,34). The third-order valence-corrected chi connectivity index (χ3v) is 6.07. The summed E-state index contributed by atoms with van der Waals surface area (Å²) in [6, 6.07) is 14.8. The van der Waals surface area contributed by atoms with Crippen molar-refractivity contribution in [1.82, 2.24) is 20.1 Å². The Balaban J connectivity index is 1.27. The van der Waals surface area contributed by atoms with Crippen LogP contribution in [0.15, 0.2) is 60.8 Å². The number of anilines is 1. The van der Waals surface area contributed by atoms with Crippen molar-refractivity contribution in [3.8, 4) is 11.4 Å². The number of nitrogens with one attached hydrogen (secondary N) is 3. The number of aromatic amines is 1. The Morgan fingerprint density at radius 2 is 1.91 bits per heavy atom. The number of amides is 2. The average Bonchev–Trinajstić information content (AvgIpc) is 3.44. The molecule has 3 N–H and O–H groups in total. The van der Waals surface area contributed by atoms with Gasteiger partial charge in [-0.15, -0.1) is 0 Å². The maximum atomic E-state index is 13.4. The van der Waals surface area contributed by atoms with Crippen LogP contribution < -0.4 is 10.6 Å². The van der Waals surface area contributed by atoms with Crippen molar-refractivity contribution in [3.63, 3.8) is 0 Å². The van der Waals surface area contributed by atoms with E-state index in [0.717, 1.165) is 22.5 Å². The van der Waals surface area contributed by atoms with E-state index < -0.39 is 11.7 Å². The van der Waals surface area contributed by atoms with Crippen LogP contribution in [0.25, 0.3) is 11.4 Å². The summed E-state index contributed by atoms with van der Waals surface area (Å²) in [6.45, 7) is 1.15. The number of hydrogen-bond acceptors (Lipinski definition) is 3. The zero-order valence-electron chi connectivity index (χ0n) is 18.1. The molecule has 2 amide bonds. The number of aromatic nitrogens is 3. The molecule has 0 unspecified atom stereocenters. The Kier molecular flexibility index (Phi) is 5.90. The Morgan fingerprint density at radius 1 is 1.09 bits per heavy atom. The monoisotopic (exact) mass is 477 g/mol. The number of carbonyl (C=O) groups is 2. The summed E-state index contributed by atoms with van der Waals surface area (Å²) in [4.78, 5) is 25.2. The van der Waals surface area contributed by atoms with Crippen molar-refractivity contribution in [2.24, 2.45) is 0 Å². The first-order valence-corrected chi connectivity index (χ1v) is 11.2. The number of carbonyl (C=O) groups excluding carboxylic acids is 2. The van der Waals surface area contributed by atoms with Crippen LogP contribution in [0, 0.1) is 5.82 Å². The Hall–Kier alpha value is -3.91. The van der Waals surface area contributed by atoms with Crippen LogP contribution in [0.4, 0.5) is 10.2 Å². The van der Waals surface area contributed by atoms with Gasteiger partial charge in [0.1, 0.15) is 5.82 Å². The van der Waals surface area contributed by atoms with Gasteiger partial charge < -0.3 is 15.2 Å². The van der Waals surface area contributed by atoms with Gasteiger partial charge in [-0.2, -0.15) is 5.10 Å². The van der Waals surface area contributed by atoms with Gasteiger partial charge in [0.15, 0.2) is 5.82 Å². The van der Waals surface area contributed by atoms with Crippen molar-refractivity contribution < 1.29 is 14.0 Å². The van der Waals surface area contributed by atoms with E-state index in [1.807, 2.05) is 41.1 Å². The quantitative estimate of drug-likeness (QED) is 0.383. The molecule has 0 atom stereocenters. The molecule has 0 bridgehead atoms. The smallest absolute Gasteiger partial charge is 0.256 e. The molecule has 0 saturated heterocycles. The summed E-state index contributed by atoms with van der Waals surface area (Å²) in [5.41, 5.74) is 4.29. The van der Waals surface area contributed by atoms with Crippen LogP contribution >= 0.6 is 11.6 Å². The molecule has 0 fully saturated rings. The first kappa shape index (κ1) is 21.9. The second kappa shape index (κ2) is 9.15. The predicted molar refractivity (Wildman–Crippen MR) is 128 cm³/mol. The topological polar surface area (TPSA) is 91.8 Å².